The molecule has 0 aliphatic carbocycles. The van der Waals surface area contributed by atoms with Crippen LogP contribution in [0.1, 0.15) is 108 Å². The van der Waals surface area contributed by atoms with E-state index < -0.39 is 29.9 Å². The van der Waals surface area contributed by atoms with Crippen LogP contribution in [0.2, 0.25) is 13.1 Å². The number of fused-ring (bicyclic) bond motifs is 2. The van der Waals surface area contributed by atoms with Crippen LogP contribution >= 0.6 is 0 Å². The number of nitrogens with zero attached hydrogens (tertiary/aromatic N) is 4. The molecule has 1 fully saturated rings. The number of carbonyl (C=O) groups is 7. The van der Waals surface area contributed by atoms with Gasteiger partial charge in [-0.15, -0.1) is 0 Å². The molecular weight excluding hydrogens is 1100 g/mol. The summed E-state index contributed by atoms with van der Waals surface area (Å²) in [5.74, 6) is -1.55. The summed E-state index contributed by atoms with van der Waals surface area (Å²) >= 11 is 0. The Bertz CT molecular complexity index is 3110. The SMILES string of the molecule is CCCOC(=O)C(N=[N+]=[N-])C(CCC=O)c1ccccc1.CNC(=O)CNC(=O)c1cc2ccccc2cc1OCCCCN.C[SiH2]C.NC(=O)CNC(=O)c1cc2ccccc2cc1OCCCCN1CCCC(c2ccccc2)C(N)C1=O. The predicted molar refractivity (Wildman–Crippen MR) is 336 cm³/mol. The number of esters is 1. The smallest absolute Gasteiger partial charge is 0.315 e. The van der Waals surface area contributed by atoms with Crippen LogP contribution in [-0.4, -0.2) is 128 Å². The second kappa shape index (κ2) is 39.0. The zero-order valence-electron chi connectivity index (χ0n) is 49.4. The van der Waals surface area contributed by atoms with E-state index in [2.05, 4.69) is 39.1 Å². The van der Waals surface area contributed by atoms with Gasteiger partial charge in [-0.25, -0.2) is 0 Å². The number of likely N-dealkylation sites (N-methyl/N-ethyl adjacent to an activating group) is 1. The Morgan fingerprint density at radius 3 is 1.79 bits per heavy atom. The lowest BCUT2D eigenvalue weighted by Gasteiger charge is -2.25. The number of carbonyl (C=O) groups excluding carboxylic acids is 7. The minimum absolute atomic E-state index is 0.00444. The molecule has 454 valence electrons. The van der Waals surface area contributed by atoms with E-state index in [1.165, 1.54) is 7.05 Å². The molecule has 0 spiro atoms. The fraction of sp³-hybridized carbons (Fsp3) is 0.391. The first-order valence-corrected chi connectivity index (χ1v) is 31.9. The van der Waals surface area contributed by atoms with Crippen molar-refractivity contribution in [1.82, 2.24) is 20.9 Å². The van der Waals surface area contributed by atoms with Gasteiger partial charge in [-0.2, -0.15) is 0 Å². The van der Waals surface area contributed by atoms with Gasteiger partial charge in [-0.1, -0.05) is 134 Å². The standard InChI is InChI=1S/C29H34N4O4.C18H23N3O3.C15H19N3O3.C2H8Si/c30-26(34)19-32-28(35)24-17-21-11-4-5-12-22(21)18-25(24)37-16-7-6-14-33-15-8-13-23(27(31)29(33)36)20-9-2-1-3-10-20;1-20-17(22)12-21-18(23)15-10-13-6-2-3-7-14(13)11-16(15)24-9-5-4-8-19;1-2-11-21-15(20)14(17-18-16)13(9-6-10-19)12-7-4-3-5-8-12;1-3-2/h1-5,9-12,17-18,23,27H,6-8,13-16,19,31H2,(H2,30,34)(H,32,35);2-3,6-7,10-11H,4-5,8-9,12,19H2,1H3,(H,20,22)(H,21,23);3-5,7-8,10,13-14H,2,6,9,11H2,1H3;3H2,1-2H3. The molecule has 4 atom stereocenters. The number of benzene rings is 6. The molecule has 5 amide bonds. The molecule has 4 unspecified atom stereocenters. The Labute approximate surface area is 500 Å². The highest BCUT2D eigenvalue weighted by atomic mass is 28.2. The van der Waals surface area contributed by atoms with Crippen LogP contribution < -0.4 is 42.6 Å². The van der Waals surface area contributed by atoms with Crippen LogP contribution in [0.5, 0.6) is 11.5 Å². The van der Waals surface area contributed by atoms with Gasteiger partial charge in [-0.3, -0.25) is 28.8 Å². The van der Waals surface area contributed by atoms with E-state index in [4.69, 9.17) is 36.9 Å². The molecule has 6 aromatic carbocycles. The minimum Gasteiger partial charge on any atom is -0.493 e. The minimum atomic E-state index is -0.955. The highest BCUT2D eigenvalue weighted by molar-refractivity contribution is 6.31. The quantitative estimate of drug-likeness (QED) is 0.00543. The zero-order chi connectivity index (χ0) is 61.8. The largest absolute Gasteiger partial charge is 0.493 e. The molecule has 85 heavy (non-hydrogen) atoms. The number of hydrogen-bond donors (Lipinski definition) is 6. The highest BCUT2D eigenvalue weighted by Gasteiger charge is 2.33. The zero-order valence-corrected chi connectivity index (χ0v) is 50.8. The Balaban J connectivity index is 0.000000281. The van der Waals surface area contributed by atoms with Crippen molar-refractivity contribution in [3.05, 3.63) is 166 Å². The maximum Gasteiger partial charge on any atom is 0.315 e. The number of aldehydes is 1. The van der Waals surface area contributed by atoms with Crippen molar-refractivity contribution in [2.45, 2.75) is 102 Å². The van der Waals surface area contributed by atoms with Gasteiger partial charge in [0.2, 0.25) is 17.7 Å². The van der Waals surface area contributed by atoms with E-state index in [1.807, 2.05) is 133 Å². The van der Waals surface area contributed by atoms with Crippen molar-refractivity contribution in [1.29, 1.82) is 0 Å². The molecule has 0 bridgehead atoms. The summed E-state index contributed by atoms with van der Waals surface area (Å²) in [6.45, 7) is 9.17. The summed E-state index contributed by atoms with van der Waals surface area (Å²) in [6.07, 6.45) is 7.15. The number of likely N-dealkylation sites (tertiary alicyclic amines) is 1. The fourth-order valence-electron chi connectivity index (χ4n) is 9.22. The first kappa shape index (κ1) is 68.9. The first-order chi connectivity index (χ1) is 41.2. The summed E-state index contributed by atoms with van der Waals surface area (Å²) in [4.78, 5) is 88.0. The number of ether oxygens (including phenoxy) is 3. The molecule has 1 aliphatic heterocycles. The Morgan fingerprint density at radius 1 is 0.765 bits per heavy atom. The molecule has 9 N–H and O–H groups in total. The molecule has 0 radical (unpaired) electrons. The van der Waals surface area contributed by atoms with E-state index in [1.54, 1.807) is 12.1 Å². The fourth-order valence-corrected chi connectivity index (χ4v) is 9.22. The third-order valence-electron chi connectivity index (χ3n) is 13.5. The van der Waals surface area contributed by atoms with Crippen LogP contribution in [0.3, 0.4) is 0 Å². The molecule has 0 aromatic heterocycles. The number of azide groups is 1. The van der Waals surface area contributed by atoms with Gasteiger partial charge in [0.1, 0.15) is 23.8 Å². The van der Waals surface area contributed by atoms with Gasteiger partial charge in [0, 0.05) is 52.8 Å². The molecule has 1 heterocycles. The maximum atomic E-state index is 13.1. The lowest BCUT2D eigenvalue weighted by molar-refractivity contribution is -0.146. The van der Waals surface area contributed by atoms with Gasteiger partial charge in [0.15, 0.2) is 0 Å². The molecule has 20 nitrogen and oxygen atoms in total. The average Bonchev–Trinajstić information content (AvgIpc) is 3.43. The number of unbranched alkanes of at least 4 members (excludes halogenated alkanes) is 2. The number of amides is 5. The van der Waals surface area contributed by atoms with Crippen LogP contribution in [0, 0.1) is 0 Å². The van der Waals surface area contributed by atoms with Crippen molar-refractivity contribution in [2.75, 3.05) is 59.6 Å². The second-order valence-electron chi connectivity index (χ2n) is 20.1. The highest BCUT2D eigenvalue weighted by Crippen LogP contribution is 2.31. The average molecular weight is 1180 g/mol. The predicted octanol–water partition coefficient (Wildman–Crippen LogP) is 8.01. The molecular formula is C64H84N10O10Si. The number of rotatable bonds is 27. The number of nitrogens with two attached hydrogens (primary N) is 3. The van der Waals surface area contributed by atoms with Gasteiger partial charge in [0.25, 0.3) is 11.8 Å². The number of primary amides is 1. The summed E-state index contributed by atoms with van der Waals surface area (Å²) < 4.78 is 16.9. The summed E-state index contributed by atoms with van der Waals surface area (Å²) in [5, 5.41) is 15.0. The summed E-state index contributed by atoms with van der Waals surface area (Å²) in [7, 11) is 1.94. The van der Waals surface area contributed by atoms with E-state index >= 15 is 0 Å². The molecule has 1 aliphatic rings. The summed E-state index contributed by atoms with van der Waals surface area (Å²) in [6, 6.07) is 40.4. The van der Waals surface area contributed by atoms with Gasteiger partial charge in [0.05, 0.1) is 50.1 Å². The third kappa shape index (κ3) is 23.2. The van der Waals surface area contributed by atoms with Crippen molar-refractivity contribution in [3.8, 4) is 11.5 Å². The summed E-state index contributed by atoms with van der Waals surface area (Å²) in [5.41, 5.74) is 28.5. The van der Waals surface area contributed by atoms with Crippen molar-refractivity contribution >= 4 is 72.9 Å². The number of hydrogen-bond acceptors (Lipinski definition) is 13. The van der Waals surface area contributed by atoms with Crippen LogP contribution in [0.4, 0.5) is 0 Å². The lowest BCUT2D eigenvalue weighted by Crippen LogP contribution is -2.45. The van der Waals surface area contributed by atoms with Gasteiger partial charge < -0.3 is 57.1 Å². The van der Waals surface area contributed by atoms with Crippen molar-refractivity contribution in [3.63, 3.8) is 0 Å². The van der Waals surface area contributed by atoms with Gasteiger partial charge in [-0.05, 0) is 120 Å². The topological polar surface area (TPSA) is 313 Å². The van der Waals surface area contributed by atoms with Crippen molar-refractivity contribution in [2.24, 2.45) is 22.3 Å². The van der Waals surface area contributed by atoms with E-state index in [0.717, 1.165) is 71.1 Å². The molecule has 6 aromatic rings. The van der Waals surface area contributed by atoms with E-state index in [9.17, 15) is 33.6 Å². The van der Waals surface area contributed by atoms with Crippen LogP contribution in [0.25, 0.3) is 32.0 Å². The first-order valence-electron chi connectivity index (χ1n) is 29.1. The molecule has 21 heteroatoms. The second-order valence-corrected chi connectivity index (χ2v) is 21.5. The number of nitrogens with one attached hydrogen (secondary N) is 3. The normalized spacial score (nSPS) is 14.1. The third-order valence-corrected chi connectivity index (χ3v) is 13.5. The van der Waals surface area contributed by atoms with Crippen LogP contribution in [-0.2, 0) is 28.7 Å². The van der Waals surface area contributed by atoms with Crippen molar-refractivity contribution < 1.29 is 47.8 Å². The Kier molecular flexibility index (Phi) is 31.6. The molecule has 7 rings (SSSR count). The van der Waals surface area contributed by atoms with Gasteiger partial charge >= 0.3 is 5.97 Å². The molecule has 0 saturated carbocycles. The Hall–Kier alpha value is -8.62. The van der Waals surface area contributed by atoms with E-state index in [0.29, 0.717) is 84.3 Å². The lowest BCUT2D eigenvalue weighted by atomic mass is 9.88. The van der Waals surface area contributed by atoms with Crippen LogP contribution in [0.15, 0.2) is 139 Å². The maximum absolute atomic E-state index is 13.1. The van der Waals surface area contributed by atoms with E-state index in [-0.39, 0.29) is 55.7 Å². The molecule has 1 saturated heterocycles. The monoisotopic (exact) mass is 1180 g/mol. The Morgan fingerprint density at radius 2 is 1.28 bits per heavy atom.